The molecule has 1 aromatic heterocycles. The average Bonchev–Trinajstić information content (AvgIpc) is 2.61. The highest BCUT2D eigenvalue weighted by Crippen LogP contribution is 2.18. The molecule has 17 heavy (non-hydrogen) atoms. The lowest BCUT2D eigenvalue weighted by Gasteiger charge is -2.19. The van der Waals surface area contributed by atoms with Crippen LogP contribution in [0.3, 0.4) is 0 Å². The van der Waals surface area contributed by atoms with Gasteiger partial charge in [0.15, 0.2) is 0 Å². The van der Waals surface area contributed by atoms with Crippen LogP contribution in [0, 0.1) is 0 Å². The summed E-state index contributed by atoms with van der Waals surface area (Å²) in [6.07, 6.45) is 1.20. The molecule has 0 radical (unpaired) electrons. The monoisotopic (exact) mass is 235 g/mol. The number of pyridine rings is 1. The third kappa shape index (κ3) is 3.17. The summed E-state index contributed by atoms with van der Waals surface area (Å²) in [6.45, 7) is 7.08. The van der Waals surface area contributed by atoms with Gasteiger partial charge in [0.05, 0.1) is 17.6 Å². The molecule has 1 aliphatic rings. The van der Waals surface area contributed by atoms with Crippen LogP contribution in [-0.4, -0.2) is 16.7 Å². The van der Waals surface area contributed by atoms with Crippen molar-refractivity contribution in [1.29, 1.82) is 0 Å². The van der Waals surface area contributed by atoms with E-state index in [0.29, 0.717) is 5.69 Å². The van der Waals surface area contributed by atoms with Gasteiger partial charge in [-0.3, -0.25) is 10.3 Å². The standard InChI is InChI=1S/C12H17N3O2/c1-12(2,3)17-11(16)15-9-4-8-5-13-7-10(8)14-6-9/h4,6,13H,5,7H2,1-3H3,(H,15,16). The number of amides is 1. The number of carbonyl (C=O) groups is 1. The lowest BCUT2D eigenvalue weighted by atomic mass is 10.2. The molecule has 0 saturated heterocycles. The molecule has 0 aromatic carbocycles. The molecule has 2 rings (SSSR count). The first-order valence-corrected chi connectivity index (χ1v) is 5.62. The first-order valence-electron chi connectivity index (χ1n) is 5.62. The minimum atomic E-state index is -0.490. The zero-order valence-corrected chi connectivity index (χ0v) is 10.3. The first kappa shape index (κ1) is 11.9. The molecule has 2 heterocycles. The van der Waals surface area contributed by atoms with Gasteiger partial charge in [-0.25, -0.2) is 4.79 Å². The van der Waals surface area contributed by atoms with Crippen molar-refractivity contribution in [3.05, 3.63) is 23.5 Å². The van der Waals surface area contributed by atoms with E-state index in [9.17, 15) is 4.79 Å². The normalized spacial score (nSPS) is 14.3. The lowest BCUT2D eigenvalue weighted by molar-refractivity contribution is 0.0636. The van der Waals surface area contributed by atoms with Gasteiger partial charge >= 0.3 is 6.09 Å². The number of carbonyl (C=O) groups excluding carboxylic acids is 1. The van der Waals surface area contributed by atoms with Gasteiger partial charge in [-0.15, -0.1) is 0 Å². The number of rotatable bonds is 1. The van der Waals surface area contributed by atoms with Gasteiger partial charge in [0, 0.05) is 13.1 Å². The maximum atomic E-state index is 11.6. The third-order valence-corrected chi connectivity index (χ3v) is 2.31. The Labute approximate surface area is 101 Å². The summed E-state index contributed by atoms with van der Waals surface area (Å²) < 4.78 is 5.17. The van der Waals surface area contributed by atoms with Gasteiger partial charge in [-0.2, -0.15) is 0 Å². The molecule has 1 aromatic rings. The molecule has 0 saturated carbocycles. The first-order chi connectivity index (χ1) is 7.94. The second-order valence-corrected chi connectivity index (χ2v) is 5.06. The number of hydrogen-bond acceptors (Lipinski definition) is 4. The Morgan fingerprint density at radius 2 is 2.24 bits per heavy atom. The van der Waals surface area contributed by atoms with E-state index < -0.39 is 11.7 Å². The molecule has 2 N–H and O–H groups in total. The quantitative estimate of drug-likeness (QED) is 0.781. The summed E-state index contributed by atoms with van der Waals surface area (Å²) >= 11 is 0. The van der Waals surface area contributed by atoms with Gasteiger partial charge in [0.1, 0.15) is 5.60 Å². The Morgan fingerprint density at radius 1 is 1.47 bits per heavy atom. The smallest absolute Gasteiger partial charge is 0.412 e. The second-order valence-electron chi connectivity index (χ2n) is 5.06. The predicted octanol–water partition coefficient (Wildman–Crippen LogP) is 2.03. The zero-order chi connectivity index (χ0) is 12.5. The van der Waals surface area contributed by atoms with E-state index in [-0.39, 0.29) is 0 Å². The zero-order valence-electron chi connectivity index (χ0n) is 10.3. The van der Waals surface area contributed by atoms with Crippen molar-refractivity contribution in [3.63, 3.8) is 0 Å². The molecular weight excluding hydrogens is 218 g/mol. The van der Waals surface area contributed by atoms with Crippen molar-refractivity contribution < 1.29 is 9.53 Å². The lowest BCUT2D eigenvalue weighted by Crippen LogP contribution is -2.27. The fourth-order valence-electron chi connectivity index (χ4n) is 1.66. The number of nitrogens with zero attached hydrogens (tertiary/aromatic N) is 1. The molecule has 5 nitrogen and oxygen atoms in total. The number of aromatic nitrogens is 1. The number of nitrogens with one attached hydrogen (secondary N) is 2. The predicted molar refractivity (Wildman–Crippen MR) is 64.6 cm³/mol. The highest BCUT2D eigenvalue weighted by Gasteiger charge is 2.17. The van der Waals surface area contributed by atoms with Crippen LogP contribution in [-0.2, 0) is 17.8 Å². The Bertz CT molecular complexity index is 438. The largest absolute Gasteiger partial charge is 0.444 e. The van der Waals surface area contributed by atoms with Crippen LogP contribution in [0.25, 0.3) is 0 Å². The molecule has 0 atom stereocenters. The van der Waals surface area contributed by atoms with E-state index in [4.69, 9.17) is 4.74 Å². The topological polar surface area (TPSA) is 63.2 Å². The maximum Gasteiger partial charge on any atom is 0.412 e. The minimum absolute atomic E-state index is 0.454. The van der Waals surface area contributed by atoms with E-state index in [1.165, 1.54) is 0 Å². The van der Waals surface area contributed by atoms with Crippen molar-refractivity contribution in [3.8, 4) is 0 Å². The number of hydrogen-bond donors (Lipinski definition) is 2. The van der Waals surface area contributed by atoms with Crippen molar-refractivity contribution >= 4 is 11.8 Å². The van der Waals surface area contributed by atoms with Gasteiger partial charge < -0.3 is 10.1 Å². The fraction of sp³-hybridized carbons (Fsp3) is 0.500. The van der Waals surface area contributed by atoms with Crippen molar-refractivity contribution in [2.75, 3.05) is 5.32 Å². The van der Waals surface area contributed by atoms with E-state index in [2.05, 4.69) is 15.6 Å². The van der Waals surface area contributed by atoms with Gasteiger partial charge in [-0.1, -0.05) is 0 Å². The summed E-state index contributed by atoms with van der Waals surface area (Å²) in [4.78, 5) is 15.8. The summed E-state index contributed by atoms with van der Waals surface area (Å²) in [5.74, 6) is 0. The summed E-state index contributed by atoms with van der Waals surface area (Å²) in [7, 11) is 0. The van der Waals surface area contributed by atoms with E-state index in [1.807, 2.05) is 26.8 Å². The van der Waals surface area contributed by atoms with Crippen LogP contribution in [0.4, 0.5) is 10.5 Å². The highest BCUT2D eigenvalue weighted by atomic mass is 16.6. The molecule has 0 fully saturated rings. The average molecular weight is 235 g/mol. The van der Waals surface area contributed by atoms with Crippen LogP contribution < -0.4 is 10.6 Å². The van der Waals surface area contributed by atoms with Crippen LogP contribution in [0.1, 0.15) is 32.0 Å². The second kappa shape index (κ2) is 4.33. The fourth-order valence-corrected chi connectivity index (χ4v) is 1.66. The molecule has 0 aliphatic carbocycles. The molecule has 0 spiro atoms. The maximum absolute atomic E-state index is 11.6. The molecular formula is C12H17N3O2. The molecule has 0 bridgehead atoms. The van der Waals surface area contributed by atoms with Crippen molar-refractivity contribution in [1.82, 2.24) is 10.3 Å². The van der Waals surface area contributed by atoms with Crippen molar-refractivity contribution in [2.24, 2.45) is 0 Å². The van der Waals surface area contributed by atoms with Crippen molar-refractivity contribution in [2.45, 2.75) is 39.5 Å². The summed E-state index contributed by atoms with van der Waals surface area (Å²) in [6, 6.07) is 1.92. The van der Waals surface area contributed by atoms with Gasteiger partial charge in [0.25, 0.3) is 0 Å². The van der Waals surface area contributed by atoms with Crippen LogP contribution in [0.5, 0.6) is 0 Å². The number of ether oxygens (including phenoxy) is 1. The van der Waals surface area contributed by atoms with Crippen LogP contribution in [0.2, 0.25) is 0 Å². The highest BCUT2D eigenvalue weighted by molar-refractivity contribution is 5.84. The Kier molecular flexibility index (Phi) is 3.02. The van der Waals surface area contributed by atoms with E-state index in [0.717, 1.165) is 24.3 Å². The molecule has 92 valence electrons. The van der Waals surface area contributed by atoms with Gasteiger partial charge in [-0.05, 0) is 32.4 Å². The Balaban J connectivity index is 2.02. The SMILES string of the molecule is CC(C)(C)OC(=O)Nc1cnc2c(c1)CNC2. The van der Waals surface area contributed by atoms with Crippen LogP contribution in [0.15, 0.2) is 12.3 Å². The minimum Gasteiger partial charge on any atom is -0.444 e. The number of fused-ring (bicyclic) bond motifs is 1. The van der Waals surface area contributed by atoms with E-state index >= 15 is 0 Å². The van der Waals surface area contributed by atoms with Crippen LogP contribution >= 0.6 is 0 Å². The molecule has 5 heteroatoms. The van der Waals surface area contributed by atoms with Gasteiger partial charge in [0.2, 0.25) is 0 Å². The summed E-state index contributed by atoms with van der Waals surface area (Å²) in [5, 5.41) is 5.88. The Hall–Kier alpha value is -1.62. The molecule has 1 amide bonds. The molecule has 1 aliphatic heterocycles. The summed E-state index contributed by atoms with van der Waals surface area (Å²) in [5.41, 5.74) is 2.34. The van der Waals surface area contributed by atoms with E-state index in [1.54, 1.807) is 6.20 Å². The molecule has 0 unspecified atom stereocenters. The third-order valence-electron chi connectivity index (χ3n) is 2.31. The number of anilines is 1. The Morgan fingerprint density at radius 3 is 2.94 bits per heavy atom.